The maximum Gasteiger partial charge on any atom is 0.195 e. The maximum absolute atomic E-state index is 5.36. The molecule has 0 spiro atoms. The van der Waals surface area contributed by atoms with Crippen LogP contribution in [0.3, 0.4) is 0 Å². The molecule has 0 bridgehead atoms. The minimum Gasteiger partial charge on any atom is -0.297 e. The highest BCUT2D eigenvalue weighted by molar-refractivity contribution is 7.71. The van der Waals surface area contributed by atoms with Crippen molar-refractivity contribution in [2.75, 3.05) is 0 Å². The van der Waals surface area contributed by atoms with Crippen molar-refractivity contribution in [1.82, 2.24) is 19.7 Å². The van der Waals surface area contributed by atoms with Gasteiger partial charge in [0.1, 0.15) is 0 Å². The molecule has 0 unspecified atom stereocenters. The van der Waals surface area contributed by atoms with Crippen molar-refractivity contribution in [1.29, 1.82) is 0 Å². The Kier molecular flexibility index (Phi) is 3.77. The summed E-state index contributed by atoms with van der Waals surface area (Å²) < 4.78 is 2.79. The molecule has 0 amide bonds. The van der Waals surface area contributed by atoms with Gasteiger partial charge in [-0.15, -0.1) is 11.3 Å². The summed E-state index contributed by atoms with van der Waals surface area (Å²) in [5, 5.41) is 8.68. The van der Waals surface area contributed by atoms with Crippen LogP contribution in [0.4, 0.5) is 0 Å². The van der Waals surface area contributed by atoms with Crippen molar-refractivity contribution in [3.63, 3.8) is 0 Å². The van der Waals surface area contributed by atoms with E-state index in [9.17, 15) is 0 Å². The second kappa shape index (κ2) is 5.41. The first-order valence-corrected chi connectivity index (χ1v) is 8.51. The zero-order chi connectivity index (χ0) is 14.3. The number of aryl methyl sites for hydroxylation is 1. The van der Waals surface area contributed by atoms with E-state index in [0.29, 0.717) is 16.7 Å². The third kappa shape index (κ3) is 2.46. The molecule has 6 heteroatoms. The summed E-state index contributed by atoms with van der Waals surface area (Å²) in [6.07, 6.45) is 4.69. The molecule has 2 aromatic rings. The number of hydrogen-bond acceptors (Lipinski definition) is 4. The molecule has 1 fully saturated rings. The van der Waals surface area contributed by atoms with Crippen LogP contribution in [-0.2, 0) is 6.42 Å². The number of thiazole rings is 1. The molecule has 2 aromatic heterocycles. The summed E-state index contributed by atoms with van der Waals surface area (Å²) in [7, 11) is 0. The molecule has 0 radical (unpaired) electrons. The van der Waals surface area contributed by atoms with Gasteiger partial charge in [-0.1, -0.05) is 13.3 Å². The molecule has 0 aliphatic heterocycles. The van der Waals surface area contributed by atoms with Gasteiger partial charge >= 0.3 is 0 Å². The smallest absolute Gasteiger partial charge is 0.195 e. The van der Waals surface area contributed by atoms with Crippen LogP contribution in [0.1, 0.15) is 62.7 Å². The Morgan fingerprint density at radius 2 is 2.20 bits per heavy atom. The van der Waals surface area contributed by atoms with Crippen LogP contribution in [0.2, 0.25) is 0 Å². The van der Waals surface area contributed by atoms with Crippen molar-refractivity contribution < 1.29 is 0 Å². The molecule has 0 saturated heterocycles. The second-order valence-corrected chi connectivity index (χ2v) is 7.09. The van der Waals surface area contributed by atoms with Crippen molar-refractivity contribution in [3.05, 3.63) is 15.5 Å². The van der Waals surface area contributed by atoms with Crippen LogP contribution in [0.15, 0.2) is 0 Å². The van der Waals surface area contributed by atoms with Crippen LogP contribution in [-0.4, -0.2) is 19.7 Å². The van der Waals surface area contributed by atoms with Gasteiger partial charge in [-0.2, -0.15) is 5.10 Å². The molecule has 3 rings (SSSR count). The molecule has 0 atom stereocenters. The van der Waals surface area contributed by atoms with E-state index in [1.165, 1.54) is 28.4 Å². The van der Waals surface area contributed by atoms with Crippen molar-refractivity contribution in [2.45, 2.75) is 58.4 Å². The van der Waals surface area contributed by atoms with E-state index in [1.807, 2.05) is 11.3 Å². The minimum absolute atomic E-state index is 0.303. The van der Waals surface area contributed by atoms with Gasteiger partial charge in [0.2, 0.25) is 0 Å². The number of rotatable bonds is 5. The average molecular weight is 308 g/mol. The molecule has 1 aliphatic carbocycles. The monoisotopic (exact) mass is 308 g/mol. The van der Waals surface area contributed by atoms with Crippen LogP contribution >= 0.6 is 23.6 Å². The van der Waals surface area contributed by atoms with Gasteiger partial charge in [0.05, 0.1) is 15.6 Å². The fourth-order valence-electron chi connectivity index (χ4n) is 2.40. The van der Waals surface area contributed by atoms with Gasteiger partial charge in [-0.25, -0.2) is 4.98 Å². The zero-order valence-electron chi connectivity index (χ0n) is 12.1. The van der Waals surface area contributed by atoms with Crippen LogP contribution in [0, 0.1) is 4.77 Å². The van der Waals surface area contributed by atoms with Gasteiger partial charge in [0.15, 0.2) is 10.6 Å². The summed E-state index contributed by atoms with van der Waals surface area (Å²) in [6.45, 7) is 6.47. The van der Waals surface area contributed by atoms with Crippen molar-refractivity contribution in [2.24, 2.45) is 0 Å². The van der Waals surface area contributed by atoms with E-state index < -0.39 is 0 Å². The molecular weight excluding hydrogens is 288 g/mol. The van der Waals surface area contributed by atoms with Gasteiger partial charge < -0.3 is 0 Å². The number of H-pyrrole nitrogens is 1. The Morgan fingerprint density at radius 3 is 2.80 bits per heavy atom. The molecule has 20 heavy (non-hydrogen) atoms. The molecule has 0 aromatic carbocycles. The predicted octanol–water partition coefficient (Wildman–Crippen LogP) is 4.47. The second-order valence-electron chi connectivity index (χ2n) is 5.67. The molecule has 4 nitrogen and oxygen atoms in total. The lowest BCUT2D eigenvalue weighted by Crippen LogP contribution is -2.03. The minimum atomic E-state index is 0.303. The number of nitrogens with zero attached hydrogens (tertiary/aromatic N) is 3. The van der Waals surface area contributed by atoms with Crippen molar-refractivity contribution >= 4 is 23.6 Å². The third-order valence-electron chi connectivity index (χ3n) is 3.55. The summed E-state index contributed by atoms with van der Waals surface area (Å²) in [4.78, 5) is 6.07. The van der Waals surface area contributed by atoms with Crippen LogP contribution in [0.25, 0.3) is 10.7 Å². The molecular formula is C14H20N4S2. The Hall–Kier alpha value is -1.01. The first-order chi connectivity index (χ1) is 9.61. The Morgan fingerprint density at radius 1 is 1.45 bits per heavy atom. The van der Waals surface area contributed by atoms with Crippen molar-refractivity contribution in [3.8, 4) is 10.7 Å². The molecule has 108 valence electrons. The molecule has 2 heterocycles. The van der Waals surface area contributed by atoms with Crippen LogP contribution in [0.5, 0.6) is 0 Å². The third-order valence-corrected chi connectivity index (χ3v) is 5.10. The number of nitrogens with one attached hydrogen (secondary N) is 1. The fourth-order valence-corrected chi connectivity index (χ4v) is 4.01. The van der Waals surface area contributed by atoms with E-state index in [4.69, 9.17) is 17.2 Å². The summed E-state index contributed by atoms with van der Waals surface area (Å²) >= 11 is 7.16. The molecule has 1 saturated carbocycles. The van der Waals surface area contributed by atoms with Gasteiger partial charge in [0.25, 0.3) is 0 Å². The Labute approximate surface area is 128 Å². The highest BCUT2D eigenvalue weighted by Crippen LogP contribution is 2.45. The average Bonchev–Trinajstić information content (AvgIpc) is 3.05. The van der Waals surface area contributed by atoms with E-state index in [0.717, 1.165) is 18.7 Å². The Bertz CT molecular complexity index is 661. The van der Waals surface area contributed by atoms with E-state index >= 15 is 0 Å². The van der Waals surface area contributed by atoms with Gasteiger partial charge in [0, 0.05) is 12.0 Å². The Balaban J connectivity index is 2.10. The van der Waals surface area contributed by atoms with E-state index in [2.05, 4.69) is 35.5 Å². The summed E-state index contributed by atoms with van der Waals surface area (Å²) in [5.74, 6) is 1.65. The molecule has 1 aliphatic rings. The van der Waals surface area contributed by atoms with E-state index in [-0.39, 0.29) is 0 Å². The largest absolute Gasteiger partial charge is 0.297 e. The highest BCUT2D eigenvalue weighted by Gasteiger charge is 2.29. The topological polar surface area (TPSA) is 46.5 Å². The molecule has 1 N–H and O–H groups in total. The predicted molar refractivity (Wildman–Crippen MR) is 84.9 cm³/mol. The lowest BCUT2D eigenvalue weighted by atomic mass is 10.2. The number of hydrogen-bond donors (Lipinski definition) is 1. The lowest BCUT2D eigenvalue weighted by Gasteiger charge is -2.09. The lowest BCUT2D eigenvalue weighted by molar-refractivity contribution is 0.597. The zero-order valence-corrected chi connectivity index (χ0v) is 13.8. The highest BCUT2D eigenvalue weighted by atomic mass is 32.1. The number of aromatic nitrogens is 4. The maximum atomic E-state index is 5.36. The number of aromatic amines is 1. The fraction of sp³-hybridized carbons (Fsp3) is 0.643. The summed E-state index contributed by atoms with van der Waals surface area (Å²) in [6, 6.07) is 0.303. The van der Waals surface area contributed by atoms with Crippen LogP contribution < -0.4 is 0 Å². The first-order valence-electron chi connectivity index (χ1n) is 7.28. The van der Waals surface area contributed by atoms with Gasteiger partial charge in [-0.3, -0.25) is 9.67 Å². The van der Waals surface area contributed by atoms with Gasteiger partial charge in [-0.05, 0) is 45.3 Å². The normalized spacial score (nSPS) is 15.2. The van der Waals surface area contributed by atoms with E-state index in [1.54, 1.807) is 0 Å². The quantitative estimate of drug-likeness (QED) is 0.829. The first kappa shape index (κ1) is 13.9. The summed E-state index contributed by atoms with van der Waals surface area (Å²) in [5.41, 5.74) is 1.19. The standard InChI is InChI=1S/C14H20N4S2/c1-4-5-10-11(20-13(15-10)9-6-7-9)12-16-17-14(19)18(12)8(2)3/h8-9H,4-7H2,1-3H3,(H,17,19). The SMILES string of the molecule is CCCc1nc(C2CC2)sc1-c1n[nH]c(=S)n1C(C)C.